The van der Waals surface area contributed by atoms with E-state index in [-0.39, 0.29) is 0 Å². The van der Waals surface area contributed by atoms with E-state index in [1.54, 1.807) is 0 Å². The minimum absolute atomic E-state index is 1.24. The molecule has 0 aliphatic rings. The lowest BCUT2D eigenvalue weighted by Crippen LogP contribution is -2.33. The molecule has 90 valence electrons. The van der Waals surface area contributed by atoms with Gasteiger partial charge in [-0.05, 0) is 18.2 Å². The van der Waals surface area contributed by atoms with Crippen LogP contribution < -0.4 is 9.96 Å². The fraction of sp³-hybridized carbons (Fsp3) is 0.500. The van der Waals surface area contributed by atoms with Gasteiger partial charge in [-0.15, -0.1) is 0 Å². The molecule has 1 aromatic rings. The molecule has 16 heavy (non-hydrogen) atoms. The van der Waals surface area contributed by atoms with E-state index in [4.69, 9.17) is 0 Å². The largest absolute Gasteiger partial charge is 0.411 e. The third kappa shape index (κ3) is 5.37. The van der Waals surface area contributed by atoms with Crippen molar-refractivity contribution in [3.05, 3.63) is 24.3 Å². The summed E-state index contributed by atoms with van der Waals surface area (Å²) in [7, 11) is -2.49. The molecule has 0 amide bonds. The Morgan fingerprint density at radius 2 is 1.12 bits per heavy atom. The lowest BCUT2D eigenvalue weighted by Gasteiger charge is -2.23. The van der Waals surface area contributed by atoms with Crippen LogP contribution in [0.4, 0.5) is 11.4 Å². The van der Waals surface area contributed by atoms with E-state index in [0.29, 0.717) is 0 Å². The van der Waals surface area contributed by atoms with Gasteiger partial charge in [0.2, 0.25) is 0 Å². The van der Waals surface area contributed by atoms with Gasteiger partial charge in [0.1, 0.15) is 16.5 Å². The minimum Gasteiger partial charge on any atom is -0.411 e. The summed E-state index contributed by atoms with van der Waals surface area (Å²) < 4.78 is 0. The number of nitrogens with one attached hydrogen (secondary N) is 2. The molecule has 0 heterocycles. The minimum atomic E-state index is -1.25. The Labute approximate surface area is 102 Å². The Morgan fingerprint density at radius 1 is 0.750 bits per heavy atom. The second-order valence-corrected chi connectivity index (χ2v) is 15.8. The van der Waals surface area contributed by atoms with Crippen LogP contribution in [0.15, 0.2) is 24.3 Å². The maximum absolute atomic E-state index is 3.62. The van der Waals surface area contributed by atoms with Crippen LogP contribution in [0.3, 0.4) is 0 Å². The summed E-state index contributed by atoms with van der Waals surface area (Å²) in [5.41, 5.74) is 2.48. The smallest absolute Gasteiger partial charge is 0.144 e. The molecule has 0 atom stereocenters. The molecule has 0 aliphatic heterocycles. The van der Waals surface area contributed by atoms with Gasteiger partial charge in [-0.2, -0.15) is 0 Å². The van der Waals surface area contributed by atoms with Crippen molar-refractivity contribution in [3.63, 3.8) is 0 Å². The molecule has 1 aromatic carbocycles. The highest BCUT2D eigenvalue weighted by Gasteiger charge is 2.15. The van der Waals surface area contributed by atoms with Gasteiger partial charge >= 0.3 is 0 Å². The van der Waals surface area contributed by atoms with Gasteiger partial charge in [-0.1, -0.05) is 45.3 Å². The average molecular weight is 253 g/mol. The van der Waals surface area contributed by atoms with Gasteiger partial charge in [-0.25, -0.2) is 0 Å². The lowest BCUT2D eigenvalue weighted by atomic mass is 10.3. The van der Waals surface area contributed by atoms with Crippen molar-refractivity contribution in [2.45, 2.75) is 39.3 Å². The van der Waals surface area contributed by atoms with E-state index in [1.165, 1.54) is 11.4 Å². The molecule has 0 spiro atoms. The van der Waals surface area contributed by atoms with Gasteiger partial charge in [0, 0.05) is 11.4 Å². The van der Waals surface area contributed by atoms with Crippen LogP contribution in [-0.2, 0) is 0 Å². The summed E-state index contributed by atoms with van der Waals surface area (Å²) in [6, 6.07) is 8.63. The first kappa shape index (κ1) is 13.3. The highest BCUT2D eigenvalue weighted by molar-refractivity contribution is 6.79. The highest BCUT2D eigenvalue weighted by atomic mass is 28.3. The fourth-order valence-corrected chi connectivity index (χ4v) is 3.58. The van der Waals surface area contributed by atoms with Crippen molar-refractivity contribution in [1.82, 2.24) is 0 Å². The van der Waals surface area contributed by atoms with E-state index in [9.17, 15) is 0 Å². The van der Waals surface area contributed by atoms with Crippen molar-refractivity contribution in [2.75, 3.05) is 9.96 Å². The summed E-state index contributed by atoms with van der Waals surface area (Å²) in [5.74, 6) is 0. The fourth-order valence-electron chi connectivity index (χ4n) is 1.54. The first-order valence-corrected chi connectivity index (χ1v) is 12.8. The summed E-state index contributed by atoms with van der Waals surface area (Å²) in [5, 5.41) is 0. The lowest BCUT2D eigenvalue weighted by molar-refractivity contribution is 1.54. The van der Waals surface area contributed by atoms with Gasteiger partial charge < -0.3 is 9.96 Å². The SMILES string of the molecule is C[Si](C)(C)Nc1cccc(N[Si](C)(C)C)c1. The van der Waals surface area contributed by atoms with Crippen LogP contribution in [0, 0.1) is 0 Å². The van der Waals surface area contributed by atoms with E-state index in [1.807, 2.05) is 0 Å². The zero-order chi connectivity index (χ0) is 12.4. The van der Waals surface area contributed by atoms with Gasteiger partial charge in [-0.3, -0.25) is 0 Å². The monoisotopic (exact) mass is 252 g/mol. The van der Waals surface area contributed by atoms with E-state index in [2.05, 4.69) is 73.5 Å². The molecule has 0 saturated heterocycles. The normalized spacial score (nSPS) is 12.4. The number of rotatable bonds is 4. The number of benzene rings is 1. The molecule has 1 rings (SSSR count). The Kier molecular flexibility index (Phi) is 3.85. The zero-order valence-electron chi connectivity index (χ0n) is 11.3. The Bertz CT molecular complexity index is 320. The Morgan fingerprint density at radius 3 is 1.44 bits per heavy atom. The number of anilines is 2. The van der Waals surface area contributed by atoms with Gasteiger partial charge in [0.05, 0.1) is 0 Å². The van der Waals surface area contributed by atoms with Crippen LogP contribution in [0.2, 0.25) is 39.3 Å². The van der Waals surface area contributed by atoms with Crippen molar-refractivity contribution < 1.29 is 0 Å². The van der Waals surface area contributed by atoms with E-state index in [0.717, 1.165) is 0 Å². The Balaban J connectivity index is 2.79. The predicted octanol–water partition coefficient (Wildman–Crippen LogP) is 4.18. The molecule has 0 saturated carbocycles. The number of hydrogen-bond acceptors (Lipinski definition) is 2. The quantitative estimate of drug-likeness (QED) is 0.786. The van der Waals surface area contributed by atoms with Crippen LogP contribution in [0.5, 0.6) is 0 Å². The second-order valence-electron chi connectivity index (χ2n) is 6.33. The summed E-state index contributed by atoms with van der Waals surface area (Å²) in [4.78, 5) is 7.24. The molecule has 2 N–H and O–H groups in total. The van der Waals surface area contributed by atoms with Gasteiger partial charge in [0.25, 0.3) is 0 Å². The standard InChI is InChI=1S/C12H24N2Si2/c1-15(2,3)13-11-8-7-9-12(10-11)14-16(4,5)6/h7-10,13-14H,1-6H3. The molecule has 0 bridgehead atoms. The maximum Gasteiger partial charge on any atom is 0.144 e. The molecule has 0 aliphatic carbocycles. The van der Waals surface area contributed by atoms with Crippen LogP contribution in [-0.4, -0.2) is 16.5 Å². The summed E-state index contributed by atoms with van der Waals surface area (Å²) in [6.45, 7) is 13.9. The third-order valence-corrected chi connectivity index (χ3v) is 3.98. The molecule has 0 radical (unpaired) electrons. The van der Waals surface area contributed by atoms with E-state index < -0.39 is 16.5 Å². The molecule has 2 nitrogen and oxygen atoms in total. The van der Waals surface area contributed by atoms with Crippen LogP contribution in [0.25, 0.3) is 0 Å². The first-order chi connectivity index (χ1) is 7.16. The third-order valence-electron chi connectivity index (χ3n) is 1.90. The highest BCUT2D eigenvalue weighted by Crippen LogP contribution is 2.19. The average Bonchev–Trinajstić information content (AvgIpc) is 1.96. The summed E-state index contributed by atoms with van der Waals surface area (Å²) >= 11 is 0. The van der Waals surface area contributed by atoms with Crippen molar-refractivity contribution in [1.29, 1.82) is 0 Å². The zero-order valence-corrected chi connectivity index (χ0v) is 13.3. The van der Waals surface area contributed by atoms with Gasteiger partial charge in [0.15, 0.2) is 0 Å². The van der Waals surface area contributed by atoms with E-state index >= 15 is 0 Å². The molecular formula is C12H24N2Si2. The molecule has 0 unspecified atom stereocenters. The number of hydrogen-bond donors (Lipinski definition) is 2. The maximum atomic E-state index is 3.62. The Hall–Kier alpha value is -0.746. The second kappa shape index (κ2) is 4.63. The van der Waals surface area contributed by atoms with Crippen molar-refractivity contribution in [2.24, 2.45) is 0 Å². The van der Waals surface area contributed by atoms with Crippen LogP contribution in [0.1, 0.15) is 0 Å². The predicted molar refractivity (Wildman–Crippen MR) is 80.4 cm³/mol. The van der Waals surface area contributed by atoms with Crippen molar-refractivity contribution >= 4 is 27.8 Å². The summed E-state index contributed by atoms with van der Waals surface area (Å²) in [6.07, 6.45) is 0. The van der Waals surface area contributed by atoms with Crippen LogP contribution >= 0.6 is 0 Å². The molecule has 0 aromatic heterocycles. The van der Waals surface area contributed by atoms with Crippen molar-refractivity contribution in [3.8, 4) is 0 Å². The molecular weight excluding hydrogens is 228 g/mol. The first-order valence-electron chi connectivity index (χ1n) is 5.82. The molecule has 4 heteroatoms. The molecule has 0 fully saturated rings. The topological polar surface area (TPSA) is 24.1 Å².